The number of fused-ring (bicyclic) bond motifs is 1. The fraction of sp³-hybridized carbons (Fsp3) is 0.391. The average Bonchev–Trinajstić information content (AvgIpc) is 3.08. The van der Waals surface area contributed by atoms with Crippen molar-refractivity contribution in [1.82, 2.24) is 9.47 Å². The van der Waals surface area contributed by atoms with E-state index in [1.807, 2.05) is 29.8 Å². The Balaban J connectivity index is 2.25. The van der Waals surface area contributed by atoms with Crippen LogP contribution in [0.2, 0.25) is 0 Å². The summed E-state index contributed by atoms with van der Waals surface area (Å²) in [5, 5.41) is 0. The SMILES string of the molecule is CCCCn1cc(-c2cc(C(=O)N(C)C)ccc2OC)c2c(c1=O)CC(C)=C2. The fourth-order valence-electron chi connectivity index (χ4n) is 3.67. The van der Waals surface area contributed by atoms with Crippen molar-refractivity contribution in [3.8, 4) is 16.9 Å². The molecule has 148 valence electrons. The van der Waals surface area contributed by atoms with Crippen LogP contribution in [0.5, 0.6) is 5.75 Å². The molecule has 0 fully saturated rings. The molecule has 5 nitrogen and oxygen atoms in total. The fourth-order valence-corrected chi connectivity index (χ4v) is 3.67. The van der Waals surface area contributed by atoms with Gasteiger partial charge in [0.1, 0.15) is 5.75 Å². The van der Waals surface area contributed by atoms with Gasteiger partial charge in [0, 0.05) is 49.1 Å². The van der Waals surface area contributed by atoms with Gasteiger partial charge in [-0.1, -0.05) is 25.0 Å². The first-order valence-electron chi connectivity index (χ1n) is 9.70. The van der Waals surface area contributed by atoms with Crippen LogP contribution in [0.1, 0.15) is 48.2 Å². The molecule has 5 heteroatoms. The van der Waals surface area contributed by atoms with E-state index in [0.717, 1.165) is 35.1 Å². The number of amides is 1. The van der Waals surface area contributed by atoms with E-state index in [2.05, 4.69) is 13.0 Å². The van der Waals surface area contributed by atoms with Gasteiger partial charge in [0.05, 0.1) is 7.11 Å². The van der Waals surface area contributed by atoms with Crippen LogP contribution in [-0.2, 0) is 13.0 Å². The number of unbranched alkanes of at least 4 members (excludes halogenated alkanes) is 1. The molecule has 0 unspecified atom stereocenters. The Hall–Kier alpha value is -2.82. The number of benzene rings is 1. The lowest BCUT2D eigenvalue weighted by Crippen LogP contribution is -2.24. The molecule has 0 saturated carbocycles. The van der Waals surface area contributed by atoms with Gasteiger partial charge in [0.15, 0.2) is 0 Å². The summed E-state index contributed by atoms with van der Waals surface area (Å²) in [4.78, 5) is 27.0. The molecule has 3 rings (SSSR count). The van der Waals surface area contributed by atoms with Crippen molar-refractivity contribution in [2.24, 2.45) is 0 Å². The number of nitrogens with zero attached hydrogens (tertiary/aromatic N) is 2. The molecular formula is C23H28N2O3. The summed E-state index contributed by atoms with van der Waals surface area (Å²) in [5.41, 5.74) is 5.40. The van der Waals surface area contributed by atoms with E-state index in [-0.39, 0.29) is 11.5 Å². The van der Waals surface area contributed by atoms with E-state index in [4.69, 9.17) is 4.74 Å². The van der Waals surface area contributed by atoms with Crippen molar-refractivity contribution in [3.05, 3.63) is 57.0 Å². The maximum absolute atomic E-state index is 13.0. The highest BCUT2D eigenvalue weighted by molar-refractivity contribution is 5.96. The maximum Gasteiger partial charge on any atom is 0.254 e. The first-order chi connectivity index (χ1) is 13.4. The third-order valence-corrected chi connectivity index (χ3v) is 5.16. The van der Waals surface area contributed by atoms with Crippen LogP contribution < -0.4 is 10.3 Å². The first-order valence-corrected chi connectivity index (χ1v) is 9.70. The number of hydrogen-bond donors (Lipinski definition) is 0. The van der Waals surface area contributed by atoms with Gasteiger partial charge in [0.25, 0.3) is 11.5 Å². The van der Waals surface area contributed by atoms with Crippen molar-refractivity contribution < 1.29 is 9.53 Å². The van der Waals surface area contributed by atoms with Crippen molar-refractivity contribution in [2.45, 2.75) is 39.7 Å². The summed E-state index contributed by atoms with van der Waals surface area (Å²) in [6.07, 6.45) is 6.64. The van der Waals surface area contributed by atoms with Gasteiger partial charge >= 0.3 is 0 Å². The summed E-state index contributed by atoms with van der Waals surface area (Å²) in [6, 6.07) is 5.47. The molecule has 1 aromatic heterocycles. The molecule has 1 heterocycles. The summed E-state index contributed by atoms with van der Waals surface area (Å²) in [6.45, 7) is 4.85. The second-order valence-electron chi connectivity index (χ2n) is 7.57. The lowest BCUT2D eigenvalue weighted by atomic mass is 9.96. The van der Waals surface area contributed by atoms with Crippen LogP contribution in [0.4, 0.5) is 0 Å². The topological polar surface area (TPSA) is 51.5 Å². The van der Waals surface area contributed by atoms with Gasteiger partial charge in [0.2, 0.25) is 0 Å². The van der Waals surface area contributed by atoms with E-state index in [9.17, 15) is 9.59 Å². The molecule has 0 spiro atoms. The minimum absolute atomic E-state index is 0.0634. The van der Waals surface area contributed by atoms with Crippen molar-refractivity contribution in [2.75, 3.05) is 21.2 Å². The number of hydrogen-bond acceptors (Lipinski definition) is 3. The normalized spacial score (nSPS) is 12.5. The molecule has 0 bridgehead atoms. The van der Waals surface area contributed by atoms with Crippen LogP contribution in [0.15, 0.2) is 34.8 Å². The number of pyridine rings is 1. The lowest BCUT2D eigenvalue weighted by molar-refractivity contribution is 0.0827. The smallest absolute Gasteiger partial charge is 0.254 e. The second kappa shape index (κ2) is 8.05. The minimum Gasteiger partial charge on any atom is -0.496 e. The number of ether oxygens (including phenoxy) is 1. The van der Waals surface area contributed by atoms with E-state index < -0.39 is 0 Å². The molecule has 0 atom stereocenters. The van der Waals surface area contributed by atoms with Gasteiger partial charge in [-0.3, -0.25) is 9.59 Å². The van der Waals surface area contributed by atoms with E-state index in [1.54, 1.807) is 32.2 Å². The van der Waals surface area contributed by atoms with Gasteiger partial charge in [-0.15, -0.1) is 0 Å². The standard InChI is InChI=1S/C23H28N2O3/c1-6-7-10-25-14-20(17-11-15(2)12-19(17)23(25)27)18-13-16(22(26)24(3)4)8-9-21(18)28-5/h8-9,11,13-14H,6-7,10,12H2,1-5H3. The number of rotatable bonds is 6. The zero-order valence-corrected chi connectivity index (χ0v) is 17.3. The van der Waals surface area contributed by atoms with Crippen LogP contribution in [0.3, 0.4) is 0 Å². The van der Waals surface area contributed by atoms with Gasteiger partial charge in [-0.25, -0.2) is 0 Å². The highest BCUT2D eigenvalue weighted by Crippen LogP contribution is 2.37. The van der Waals surface area contributed by atoms with Gasteiger partial charge < -0.3 is 14.2 Å². The van der Waals surface area contributed by atoms with E-state index >= 15 is 0 Å². The Morgan fingerprint density at radius 3 is 2.64 bits per heavy atom. The van der Waals surface area contributed by atoms with Crippen molar-refractivity contribution in [3.63, 3.8) is 0 Å². The summed E-state index contributed by atoms with van der Waals surface area (Å²) < 4.78 is 7.41. The summed E-state index contributed by atoms with van der Waals surface area (Å²) >= 11 is 0. The second-order valence-corrected chi connectivity index (χ2v) is 7.57. The molecule has 0 aliphatic heterocycles. The third kappa shape index (κ3) is 3.61. The monoisotopic (exact) mass is 380 g/mol. The molecule has 1 amide bonds. The number of methoxy groups -OCH3 is 1. The molecular weight excluding hydrogens is 352 g/mol. The number of carbonyl (C=O) groups is 1. The molecule has 28 heavy (non-hydrogen) atoms. The molecule has 1 aromatic carbocycles. The number of carbonyl (C=O) groups excluding carboxylic acids is 1. The predicted molar refractivity (Wildman–Crippen MR) is 113 cm³/mol. The lowest BCUT2D eigenvalue weighted by Gasteiger charge is -2.17. The molecule has 1 aliphatic rings. The predicted octanol–water partition coefficient (Wildman–Crippen LogP) is 3.99. The van der Waals surface area contributed by atoms with Crippen molar-refractivity contribution >= 4 is 12.0 Å². The Morgan fingerprint density at radius 1 is 1.25 bits per heavy atom. The van der Waals surface area contributed by atoms with Crippen molar-refractivity contribution in [1.29, 1.82) is 0 Å². The zero-order valence-electron chi connectivity index (χ0n) is 17.3. The van der Waals surface area contributed by atoms with Crippen LogP contribution in [0, 0.1) is 0 Å². The highest BCUT2D eigenvalue weighted by atomic mass is 16.5. The average molecular weight is 380 g/mol. The maximum atomic E-state index is 13.0. The number of allylic oxidation sites excluding steroid dienone is 1. The van der Waals surface area contributed by atoms with Crippen LogP contribution >= 0.6 is 0 Å². The van der Waals surface area contributed by atoms with Crippen LogP contribution in [0.25, 0.3) is 17.2 Å². The highest BCUT2D eigenvalue weighted by Gasteiger charge is 2.23. The van der Waals surface area contributed by atoms with E-state index in [0.29, 0.717) is 24.3 Å². The quantitative estimate of drug-likeness (QED) is 0.762. The Morgan fingerprint density at radius 2 is 2.00 bits per heavy atom. The largest absolute Gasteiger partial charge is 0.496 e. The molecule has 0 saturated heterocycles. The summed E-state index contributed by atoms with van der Waals surface area (Å²) in [7, 11) is 5.10. The van der Waals surface area contributed by atoms with Crippen LogP contribution in [-0.4, -0.2) is 36.6 Å². The molecule has 0 radical (unpaired) electrons. The molecule has 0 N–H and O–H groups in total. The Labute approximate surface area is 166 Å². The third-order valence-electron chi connectivity index (χ3n) is 5.16. The summed E-state index contributed by atoms with van der Waals surface area (Å²) in [5.74, 6) is 0.628. The van der Waals surface area contributed by atoms with Gasteiger partial charge in [-0.2, -0.15) is 0 Å². The van der Waals surface area contributed by atoms with E-state index in [1.165, 1.54) is 5.57 Å². The minimum atomic E-state index is -0.0634. The zero-order chi connectivity index (χ0) is 20.4. The molecule has 1 aliphatic carbocycles. The first kappa shape index (κ1) is 19.9. The Kier molecular flexibility index (Phi) is 5.73. The molecule has 2 aromatic rings. The Bertz CT molecular complexity index is 1000. The number of aryl methyl sites for hydroxylation is 1. The number of aromatic nitrogens is 1. The van der Waals surface area contributed by atoms with Gasteiger partial charge in [-0.05, 0) is 43.5 Å².